The SMILES string of the molecule is CCN1CCC(=C2C(C#N)=C(N)C(C#N)(C#N)C3=CCN(CC)CC32)CC1. The zero-order chi connectivity index (χ0) is 19.6. The van der Waals surface area contributed by atoms with Gasteiger partial charge in [0.05, 0.1) is 23.4 Å². The summed E-state index contributed by atoms with van der Waals surface area (Å²) in [5.74, 6) is -0.108. The first-order valence-electron chi connectivity index (χ1n) is 9.66. The zero-order valence-corrected chi connectivity index (χ0v) is 16.1. The number of nitriles is 3. The van der Waals surface area contributed by atoms with Crippen LogP contribution in [-0.4, -0.2) is 49.1 Å². The summed E-state index contributed by atoms with van der Waals surface area (Å²) in [5.41, 5.74) is 8.29. The van der Waals surface area contributed by atoms with E-state index in [9.17, 15) is 15.8 Å². The van der Waals surface area contributed by atoms with Gasteiger partial charge >= 0.3 is 0 Å². The number of hydrogen-bond donors (Lipinski definition) is 1. The van der Waals surface area contributed by atoms with Gasteiger partial charge in [0.15, 0.2) is 0 Å². The molecule has 6 nitrogen and oxygen atoms in total. The molecule has 0 amide bonds. The summed E-state index contributed by atoms with van der Waals surface area (Å²) in [7, 11) is 0. The molecule has 2 aliphatic heterocycles. The maximum Gasteiger partial charge on any atom is 0.205 e. The molecule has 1 atom stereocenters. The largest absolute Gasteiger partial charge is 0.398 e. The summed E-state index contributed by atoms with van der Waals surface area (Å²) in [4.78, 5) is 4.68. The zero-order valence-electron chi connectivity index (χ0n) is 16.1. The lowest BCUT2D eigenvalue weighted by Gasteiger charge is -2.43. The van der Waals surface area contributed by atoms with Gasteiger partial charge in [0.1, 0.15) is 6.07 Å². The Morgan fingerprint density at radius 1 is 1.11 bits per heavy atom. The smallest absolute Gasteiger partial charge is 0.205 e. The van der Waals surface area contributed by atoms with Crippen molar-refractivity contribution in [2.45, 2.75) is 26.7 Å². The van der Waals surface area contributed by atoms with Gasteiger partial charge in [-0.2, -0.15) is 15.8 Å². The predicted molar refractivity (Wildman–Crippen MR) is 103 cm³/mol. The number of allylic oxidation sites excluding steroid dienone is 2. The van der Waals surface area contributed by atoms with Gasteiger partial charge < -0.3 is 10.6 Å². The maximum absolute atomic E-state index is 9.91. The van der Waals surface area contributed by atoms with Crippen LogP contribution in [-0.2, 0) is 0 Å². The molecule has 1 unspecified atom stereocenters. The second kappa shape index (κ2) is 7.57. The molecule has 140 valence electrons. The van der Waals surface area contributed by atoms with Crippen LogP contribution in [0.5, 0.6) is 0 Å². The van der Waals surface area contributed by atoms with Crippen LogP contribution in [0.2, 0.25) is 0 Å². The Hall–Kier alpha value is -2.59. The van der Waals surface area contributed by atoms with Crippen molar-refractivity contribution in [3.8, 4) is 18.2 Å². The van der Waals surface area contributed by atoms with E-state index in [-0.39, 0.29) is 11.6 Å². The first-order chi connectivity index (χ1) is 13.1. The number of likely N-dealkylation sites (tertiary alicyclic amines) is 1. The van der Waals surface area contributed by atoms with Crippen LogP contribution < -0.4 is 5.73 Å². The lowest BCUT2D eigenvalue weighted by atomic mass is 9.62. The lowest BCUT2D eigenvalue weighted by Crippen LogP contribution is -2.46. The van der Waals surface area contributed by atoms with Crippen molar-refractivity contribution in [1.82, 2.24) is 9.80 Å². The number of nitrogens with two attached hydrogens (primary N) is 1. The molecule has 27 heavy (non-hydrogen) atoms. The van der Waals surface area contributed by atoms with Crippen molar-refractivity contribution in [3.63, 3.8) is 0 Å². The highest BCUT2D eigenvalue weighted by molar-refractivity contribution is 5.64. The highest BCUT2D eigenvalue weighted by Crippen LogP contribution is 2.50. The molecule has 0 aromatic carbocycles. The quantitative estimate of drug-likeness (QED) is 0.754. The van der Waals surface area contributed by atoms with Crippen LogP contribution in [0, 0.1) is 45.3 Å². The van der Waals surface area contributed by atoms with E-state index in [4.69, 9.17) is 5.73 Å². The Balaban J connectivity index is 2.21. The lowest BCUT2D eigenvalue weighted by molar-refractivity contribution is 0.255. The van der Waals surface area contributed by atoms with Crippen molar-refractivity contribution < 1.29 is 0 Å². The average Bonchev–Trinajstić information content (AvgIpc) is 2.73. The van der Waals surface area contributed by atoms with Gasteiger partial charge in [0, 0.05) is 32.1 Å². The van der Waals surface area contributed by atoms with Crippen LogP contribution in [0.3, 0.4) is 0 Å². The Labute approximate surface area is 161 Å². The highest BCUT2D eigenvalue weighted by atomic mass is 15.1. The van der Waals surface area contributed by atoms with E-state index in [1.165, 1.54) is 5.57 Å². The van der Waals surface area contributed by atoms with Crippen molar-refractivity contribution in [2.75, 3.05) is 39.3 Å². The van der Waals surface area contributed by atoms with E-state index < -0.39 is 5.41 Å². The number of hydrogen-bond acceptors (Lipinski definition) is 6. The van der Waals surface area contributed by atoms with Crippen LogP contribution in [0.25, 0.3) is 0 Å². The van der Waals surface area contributed by atoms with Crippen molar-refractivity contribution >= 4 is 0 Å². The van der Waals surface area contributed by atoms with E-state index in [1.807, 2.05) is 6.08 Å². The highest BCUT2D eigenvalue weighted by Gasteiger charge is 2.50. The Morgan fingerprint density at radius 3 is 2.26 bits per heavy atom. The molecule has 1 aliphatic carbocycles. The molecule has 0 aromatic rings. The average molecular weight is 362 g/mol. The first-order valence-corrected chi connectivity index (χ1v) is 9.66. The molecule has 0 saturated carbocycles. The van der Waals surface area contributed by atoms with E-state index >= 15 is 0 Å². The van der Waals surface area contributed by atoms with Gasteiger partial charge in [0.25, 0.3) is 0 Å². The molecule has 2 N–H and O–H groups in total. The molecule has 1 fully saturated rings. The molecule has 2 heterocycles. The molecule has 6 heteroatoms. The summed E-state index contributed by atoms with van der Waals surface area (Å²) >= 11 is 0. The summed E-state index contributed by atoms with van der Waals surface area (Å²) in [5, 5.41) is 29.7. The third-order valence-corrected chi connectivity index (χ3v) is 6.29. The van der Waals surface area contributed by atoms with Gasteiger partial charge in [0.2, 0.25) is 5.41 Å². The number of likely N-dealkylation sites (N-methyl/N-ethyl adjacent to an activating group) is 1. The molecular weight excluding hydrogens is 336 g/mol. The fraction of sp³-hybridized carbons (Fsp3) is 0.571. The fourth-order valence-corrected chi connectivity index (χ4v) is 4.61. The third-order valence-electron chi connectivity index (χ3n) is 6.29. The van der Waals surface area contributed by atoms with Crippen molar-refractivity contribution in [2.24, 2.45) is 17.1 Å². The summed E-state index contributed by atoms with van der Waals surface area (Å²) in [6.45, 7) is 9.54. The molecule has 0 bridgehead atoms. The Kier molecular flexibility index (Phi) is 5.38. The number of rotatable bonds is 2. The predicted octanol–water partition coefficient (Wildman–Crippen LogP) is 2.06. The Bertz CT molecular complexity index is 817. The Morgan fingerprint density at radius 2 is 1.74 bits per heavy atom. The van der Waals surface area contributed by atoms with Gasteiger partial charge in [-0.25, -0.2) is 0 Å². The standard InChI is InChI=1S/C21H26N6/c1-3-26-8-5-15(6-9-26)19-16(11-22)20(25)21(13-23,14-24)18-7-10-27(4-2)12-17(18)19/h7,17H,3-6,8-10,12,25H2,1-2H3. The summed E-state index contributed by atoms with van der Waals surface area (Å²) < 4.78 is 0. The van der Waals surface area contributed by atoms with Crippen LogP contribution in [0.4, 0.5) is 0 Å². The second-order valence-electron chi connectivity index (χ2n) is 7.39. The minimum atomic E-state index is -1.52. The third kappa shape index (κ3) is 2.94. The van der Waals surface area contributed by atoms with Crippen LogP contribution >= 0.6 is 0 Å². The fourth-order valence-electron chi connectivity index (χ4n) is 4.61. The summed E-state index contributed by atoms with van der Waals surface area (Å²) in [6.07, 6.45) is 3.81. The first kappa shape index (κ1) is 19.2. The minimum absolute atomic E-state index is 0.108. The van der Waals surface area contributed by atoms with Gasteiger partial charge in [-0.3, -0.25) is 4.90 Å². The molecule has 3 aliphatic rings. The van der Waals surface area contributed by atoms with Crippen molar-refractivity contribution in [3.05, 3.63) is 34.1 Å². The van der Waals surface area contributed by atoms with Gasteiger partial charge in [-0.1, -0.05) is 25.5 Å². The van der Waals surface area contributed by atoms with E-state index in [0.717, 1.165) is 56.7 Å². The molecule has 0 aromatic heterocycles. The normalized spacial score (nSPS) is 25.9. The monoisotopic (exact) mass is 362 g/mol. The van der Waals surface area contributed by atoms with Crippen LogP contribution in [0.1, 0.15) is 26.7 Å². The number of piperidine rings is 1. The maximum atomic E-state index is 9.91. The van der Waals surface area contributed by atoms with E-state index in [2.05, 4.69) is 41.9 Å². The van der Waals surface area contributed by atoms with E-state index in [1.54, 1.807) is 0 Å². The van der Waals surface area contributed by atoms with E-state index in [0.29, 0.717) is 12.1 Å². The summed E-state index contributed by atoms with van der Waals surface area (Å²) in [6, 6.07) is 6.53. The van der Waals surface area contributed by atoms with Gasteiger partial charge in [-0.15, -0.1) is 0 Å². The number of fused-ring (bicyclic) bond motifs is 1. The molecular formula is C21H26N6. The molecule has 1 saturated heterocycles. The molecule has 0 radical (unpaired) electrons. The van der Waals surface area contributed by atoms with Crippen molar-refractivity contribution in [1.29, 1.82) is 15.8 Å². The van der Waals surface area contributed by atoms with Crippen LogP contribution in [0.15, 0.2) is 34.1 Å². The topological polar surface area (TPSA) is 104 Å². The number of nitrogens with zero attached hydrogens (tertiary/aromatic N) is 5. The molecule has 3 rings (SSSR count). The second-order valence-corrected chi connectivity index (χ2v) is 7.39. The molecule has 0 spiro atoms. The minimum Gasteiger partial charge on any atom is -0.398 e. The van der Waals surface area contributed by atoms with Gasteiger partial charge in [-0.05, 0) is 37.1 Å².